The summed E-state index contributed by atoms with van der Waals surface area (Å²) in [6.45, 7) is 8.98. The predicted molar refractivity (Wildman–Crippen MR) is 98.6 cm³/mol. The molecule has 8 nitrogen and oxygen atoms in total. The van der Waals surface area contributed by atoms with Crippen LogP contribution >= 0.6 is 0 Å². The third kappa shape index (κ3) is 3.10. The molecule has 0 amide bonds. The number of likely N-dealkylation sites (N-methyl/N-ethyl adjacent to an activating group) is 1. The van der Waals surface area contributed by atoms with Crippen molar-refractivity contribution in [3.05, 3.63) is 11.6 Å². The quantitative estimate of drug-likeness (QED) is 0.852. The standard InChI is InChI=1S/C17H23N7O/c1-3-23-5-7-24(8-6-23)17-12(10-18)11-9-13(25-4-2)21-15(19)14(11)16(20)22-17/h9H,3-8H2,1-2H3,(H2,19,21)(H2,20,22). The first-order valence-corrected chi connectivity index (χ1v) is 8.48. The van der Waals surface area contributed by atoms with E-state index in [1.807, 2.05) is 6.92 Å². The maximum Gasteiger partial charge on any atom is 0.215 e. The van der Waals surface area contributed by atoms with Crippen molar-refractivity contribution in [3.63, 3.8) is 0 Å². The molecule has 3 rings (SSSR count). The molecule has 3 heterocycles. The lowest BCUT2D eigenvalue weighted by Crippen LogP contribution is -2.46. The van der Waals surface area contributed by atoms with Gasteiger partial charge in [-0.25, -0.2) is 4.98 Å². The van der Waals surface area contributed by atoms with Crippen LogP contribution in [0.2, 0.25) is 0 Å². The first-order chi connectivity index (χ1) is 12.1. The molecule has 0 unspecified atom stereocenters. The highest BCUT2D eigenvalue weighted by molar-refractivity contribution is 6.04. The van der Waals surface area contributed by atoms with E-state index < -0.39 is 0 Å². The number of hydrogen-bond acceptors (Lipinski definition) is 8. The fraction of sp³-hybridized carbons (Fsp3) is 0.471. The highest BCUT2D eigenvalue weighted by atomic mass is 16.5. The van der Waals surface area contributed by atoms with Gasteiger partial charge in [-0.2, -0.15) is 10.2 Å². The normalized spacial score (nSPS) is 15.3. The minimum absolute atomic E-state index is 0.227. The Morgan fingerprint density at radius 1 is 1.16 bits per heavy atom. The number of nitriles is 1. The third-order valence-corrected chi connectivity index (χ3v) is 4.52. The summed E-state index contributed by atoms with van der Waals surface area (Å²) < 4.78 is 5.47. The summed E-state index contributed by atoms with van der Waals surface area (Å²) in [7, 11) is 0. The van der Waals surface area contributed by atoms with Crippen molar-refractivity contribution >= 4 is 28.2 Å². The Morgan fingerprint density at radius 2 is 1.84 bits per heavy atom. The van der Waals surface area contributed by atoms with Crippen LogP contribution in [0, 0.1) is 11.3 Å². The lowest BCUT2D eigenvalue weighted by atomic mass is 10.1. The Kier molecular flexibility index (Phi) is 4.76. The average molecular weight is 341 g/mol. The van der Waals surface area contributed by atoms with Crippen LogP contribution in [0.1, 0.15) is 19.4 Å². The number of nitrogen functional groups attached to an aromatic ring is 2. The van der Waals surface area contributed by atoms with Gasteiger partial charge in [0.25, 0.3) is 0 Å². The maximum atomic E-state index is 9.78. The molecule has 2 aromatic heterocycles. The Bertz CT molecular complexity index is 822. The Hall–Kier alpha value is -2.79. The van der Waals surface area contributed by atoms with Crippen molar-refractivity contribution in [3.8, 4) is 11.9 Å². The summed E-state index contributed by atoms with van der Waals surface area (Å²) >= 11 is 0. The van der Waals surface area contributed by atoms with Gasteiger partial charge in [-0.3, -0.25) is 0 Å². The molecule has 0 radical (unpaired) electrons. The van der Waals surface area contributed by atoms with Crippen LogP contribution in [0.25, 0.3) is 10.8 Å². The zero-order chi connectivity index (χ0) is 18.0. The molecule has 0 saturated carbocycles. The second kappa shape index (κ2) is 6.99. The van der Waals surface area contributed by atoms with Crippen LogP contribution in [-0.2, 0) is 0 Å². The van der Waals surface area contributed by atoms with Crippen molar-refractivity contribution < 1.29 is 4.74 Å². The van der Waals surface area contributed by atoms with Gasteiger partial charge in [0.15, 0.2) is 0 Å². The Labute approximate surface area is 147 Å². The molecule has 1 fully saturated rings. The van der Waals surface area contributed by atoms with E-state index in [-0.39, 0.29) is 11.6 Å². The maximum absolute atomic E-state index is 9.78. The van der Waals surface area contributed by atoms with Crippen LogP contribution in [-0.4, -0.2) is 54.2 Å². The fourth-order valence-electron chi connectivity index (χ4n) is 3.19. The van der Waals surface area contributed by atoms with Crippen molar-refractivity contribution in [2.75, 3.05) is 55.7 Å². The molecule has 0 aliphatic carbocycles. The van der Waals surface area contributed by atoms with Crippen LogP contribution in [0.5, 0.6) is 5.88 Å². The van der Waals surface area contributed by atoms with Gasteiger partial charge in [0.2, 0.25) is 5.88 Å². The van der Waals surface area contributed by atoms with Crippen LogP contribution < -0.4 is 21.1 Å². The van der Waals surface area contributed by atoms with E-state index in [1.165, 1.54) is 0 Å². The van der Waals surface area contributed by atoms with E-state index in [0.29, 0.717) is 34.6 Å². The fourth-order valence-corrected chi connectivity index (χ4v) is 3.19. The number of rotatable bonds is 4. The Balaban J connectivity index is 2.12. The van der Waals surface area contributed by atoms with Crippen LogP contribution in [0.15, 0.2) is 6.07 Å². The molecule has 132 valence electrons. The molecular formula is C17H23N7O. The van der Waals surface area contributed by atoms with E-state index in [9.17, 15) is 5.26 Å². The lowest BCUT2D eigenvalue weighted by Gasteiger charge is -2.35. The molecule has 1 aliphatic rings. The van der Waals surface area contributed by atoms with E-state index in [4.69, 9.17) is 16.2 Å². The molecule has 4 N–H and O–H groups in total. The molecule has 1 saturated heterocycles. The number of pyridine rings is 2. The number of piperazine rings is 1. The molecule has 0 spiro atoms. The van der Waals surface area contributed by atoms with Gasteiger partial charge in [-0.15, -0.1) is 0 Å². The topological polar surface area (TPSA) is 117 Å². The number of anilines is 3. The number of hydrogen-bond donors (Lipinski definition) is 2. The Morgan fingerprint density at radius 3 is 2.44 bits per heavy atom. The molecule has 1 aliphatic heterocycles. The second-order valence-corrected chi connectivity index (χ2v) is 5.93. The molecule has 8 heteroatoms. The van der Waals surface area contributed by atoms with E-state index >= 15 is 0 Å². The minimum atomic E-state index is 0.227. The summed E-state index contributed by atoms with van der Waals surface area (Å²) in [4.78, 5) is 13.2. The molecular weight excluding hydrogens is 318 g/mol. The molecule has 2 aromatic rings. The van der Waals surface area contributed by atoms with Gasteiger partial charge in [0.05, 0.1) is 12.0 Å². The van der Waals surface area contributed by atoms with Crippen molar-refractivity contribution in [1.29, 1.82) is 5.26 Å². The molecule has 0 atom stereocenters. The van der Waals surface area contributed by atoms with Gasteiger partial charge in [-0.05, 0) is 13.5 Å². The number of nitrogens with zero attached hydrogens (tertiary/aromatic N) is 5. The zero-order valence-corrected chi connectivity index (χ0v) is 14.6. The van der Waals surface area contributed by atoms with Gasteiger partial charge < -0.3 is 26.0 Å². The van der Waals surface area contributed by atoms with E-state index in [1.54, 1.807) is 6.07 Å². The SMILES string of the molecule is CCOc1cc2c(C#N)c(N3CCN(CC)CC3)nc(N)c2c(N)n1. The largest absolute Gasteiger partial charge is 0.478 e. The number of fused-ring (bicyclic) bond motifs is 1. The average Bonchev–Trinajstić information content (AvgIpc) is 2.61. The third-order valence-electron chi connectivity index (χ3n) is 4.52. The summed E-state index contributed by atoms with van der Waals surface area (Å²) in [6, 6.07) is 3.99. The summed E-state index contributed by atoms with van der Waals surface area (Å²) in [6.07, 6.45) is 0. The number of ether oxygens (including phenoxy) is 1. The summed E-state index contributed by atoms with van der Waals surface area (Å²) in [5, 5.41) is 10.9. The van der Waals surface area contributed by atoms with Gasteiger partial charge >= 0.3 is 0 Å². The van der Waals surface area contributed by atoms with Gasteiger partial charge in [0, 0.05) is 37.6 Å². The summed E-state index contributed by atoms with van der Waals surface area (Å²) in [5.74, 6) is 1.51. The van der Waals surface area contributed by atoms with E-state index in [2.05, 4.69) is 32.8 Å². The lowest BCUT2D eigenvalue weighted by molar-refractivity contribution is 0.270. The second-order valence-electron chi connectivity index (χ2n) is 5.93. The predicted octanol–water partition coefficient (Wildman–Crippen LogP) is 1.21. The van der Waals surface area contributed by atoms with Crippen molar-refractivity contribution in [2.45, 2.75) is 13.8 Å². The minimum Gasteiger partial charge on any atom is -0.478 e. The first-order valence-electron chi connectivity index (χ1n) is 8.48. The molecule has 25 heavy (non-hydrogen) atoms. The summed E-state index contributed by atoms with van der Waals surface area (Å²) in [5.41, 5.74) is 12.6. The van der Waals surface area contributed by atoms with Crippen molar-refractivity contribution in [2.24, 2.45) is 0 Å². The van der Waals surface area contributed by atoms with Gasteiger partial charge in [-0.1, -0.05) is 6.92 Å². The first kappa shape index (κ1) is 17.0. The zero-order valence-electron chi connectivity index (χ0n) is 14.6. The molecule has 0 bridgehead atoms. The van der Waals surface area contributed by atoms with E-state index in [0.717, 1.165) is 32.7 Å². The number of nitrogens with two attached hydrogens (primary N) is 2. The highest BCUT2D eigenvalue weighted by Crippen LogP contribution is 2.35. The highest BCUT2D eigenvalue weighted by Gasteiger charge is 2.23. The van der Waals surface area contributed by atoms with Crippen molar-refractivity contribution in [1.82, 2.24) is 14.9 Å². The van der Waals surface area contributed by atoms with Crippen LogP contribution in [0.4, 0.5) is 17.5 Å². The molecule has 0 aromatic carbocycles. The smallest absolute Gasteiger partial charge is 0.215 e. The number of aromatic nitrogens is 2. The van der Waals surface area contributed by atoms with Gasteiger partial charge in [0.1, 0.15) is 29.1 Å². The monoisotopic (exact) mass is 341 g/mol. The van der Waals surface area contributed by atoms with Crippen LogP contribution in [0.3, 0.4) is 0 Å².